The van der Waals surface area contributed by atoms with Gasteiger partial charge in [-0.2, -0.15) is 0 Å². The van der Waals surface area contributed by atoms with Crippen LogP contribution in [0.1, 0.15) is 245 Å². The summed E-state index contributed by atoms with van der Waals surface area (Å²) in [6.07, 6.45) is 67.1. The van der Waals surface area contributed by atoms with Crippen LogP contribution in [0.15, 0.2) is 85.1 Å². The molecule has 0 heterocycles. The average Bonchev–Trinajstić information content (AvgIpc) is 3.29. The highest BCUT2D eigenvalue weighted by molar-refractivity contribution is 5.71. The third kappa shape index (κ3) is 49.6. The second-order valence-electron chi connectivity index (χ2n) is 17.4. The molecule has 0 spiro atoms. The maximum atomic E-state index is 12.8. The Hall–Kier alpha value is -3.41. The van der Waals surface area contributed by atoms with E-state index in [0.717, 1.165) is 96.3 Å². The molecule has 6 nitrogen and oxygen atoms in total. The molecule has 0 N–H and O–H groups in total. The first-order valence-corrected chi connectivity index (χ1v) is 26.6. The van der Waals surface area contributed by atoms with E-state index in [1.165, 1.54) is 103 Å². The molecule has 1 atom stereocenters. The van der Waals surface area contributed by atoms with Gasteiger partial charge in [0.25, 0.3) is 0 Å². The Balaban J connectivity index is 4.50. The number of rotatable bonds is 47. The van der Waals surface area contributed by atoms with Gasteiger partial charge in [0.2, 0.25) is 0 Å². The highest BCUT2D eigenvalue weighted by Crippen LogP contribution is 2.14. The average molecular weight is 891 g/mol. The fourth-order valence-corrected chi connectivity index (χ4v) is 7.15. The van der Waals surface area contributed by atoms with Gasteiger partial charge in [0.05, 0.1) is 0 Å². The summed E-state index contributed by atoms with van der Waals surface area (Å²) in [4.78, 5) is 38.0. The van der Waals surface area contributed by atoms with Crippen LogP contribution in [-0.4, -0.2) is 37.2 Å². The number of carbonyl (C=O) groups excluding carboxylic acids is 3. The largest absolute Gasteiger partial charge is 0.462 e. The van der Waals surface area contributed by atoms with E-state index in [9.17, 15) is 14.4 Å². The lowest BCUT2D eigenvalue weighted by Crippen LogP contribution is -2.30. The first-order chi connectivity index (χ1) is 31.5. The van der Waals surface area contributed by atoms with E-state index < -0.39 is 6.10 Å². The second kappa shape index (κ2) is 52.2. The van der Waals surface area contributed by atoms with Gasteiger partial charge in [-0.3, -0.25) is 14.4 Å². The molecular formula is C58H98O6. The van der Waals surface area contributed by atoms with Crippen LogP contribution in [-0.2, 0) is 28.6 Å². The van der Waals surface area contributed by atoms with E-state index in [2.05, 4.69) is 106 Å². The standard InChI is InChI=1S/C58H98O6/c1-4-7-10-13-16-19-22-25-27-29-31-33-36-39-42-45-48-51-57(60)63-54-55(53-62-56(59)50-47-44-41-38-35-24-21-18-15-12-9-6-3)64-58(61)52-49-46-43-40-37-34-32-30-28-26-23-20-17-14-11-8-5-2/h8,11,17,20,25-28,31-34,39,42,55H,4-7,9-10,12-16,18-19,21-24,29-30,35-38,40-41,43-54H2,1-3H3/b11-8-,20-17-,27-25-,28-26-,33-31-,34-32-,42-39-/t55-/m0/s1. The van der Waals surface area contributed by atoms with Crippen molar-refractivity contribution in [1.29, 1.82) is 0 Å². The van der Waals surface area contributed by atoms with Crippen LogP contribution in [0.5, 0.6) is 0 Å². The maximum Gasteiger partial charge on any atom is 0.306 e. The number of allylic oxidation sites excluding steroid dienone is 14. The van der Waals surface area contributed by atoms with Crippen molar-refractivity contribution in [1.82, 2.24) is 0 Å². The zero-order chi connectivity index (χ0) is 46.5. The fraction of sp³-hybridized carbons (Fsp3) is 0.707. The van der Waals surface area contributed by atoms with E-state index in [0.29, 0.717) is 19.3 Å². The number of carbonyl (C=O) groups is 3. The zero-order valence-electron chi connectivity index (χ0n) is 41.8. The summed E-state index contributed by atoms with van der Waals surface area (Å²) in [6.45, 7) is 6.45. The van der Waals surface area contributed by atoms with Crippen LogP contribution in [0, 0.1) is 0 Å². The molecule has 0 amide bonds. The minimum Gasteiger partial charge on any atom is -0.462 e. The van der Waals surface area contributed by atoms with Crippen molar-refractivity contribution in [3.63, 3.8) is 0 Å². The highest BCUT2D eigenvalue weighted by atomic mass is 16.6. The Kier molecular flexibility index (Phi) is 49.4. The van der Waals surface area contributed by atoms with Crippen molar-refractivity contribution < 1.29 is 28.6 Å². The van der Waals surface area contributed by atoms with Crippen molar-refractivity contribution >= 4 is 17.9 Å². The van der Waals surface area contributed by atoms with E-state index in [1.54, 1.807) is 0 Å². The molecule has 0 saturated carbocycles. The third-order valence-electron chi connectivity index (χ3n) is 11.1. The molecule has 64 heavy (non-hydrogen) atoms. The van der Waals surface area contributed by atoms with Crippen molar-refractivity contribution in [2.24, 2.45) is 0 Å². The van der Waals surface area contributed by atoms with Gasteiger partial charge in [0.1, 0.15) is 13.2 Å². The van der Waals surface area contributed by atoms with Gasteiger partial charge in [-0.25, -0.2) is 0 Å². The molecule has 0 unspecified atom stereocenters. The molecule has 0 radical (unpaired) electrons. The third-order valence-corrected chi connectivity index (χ3v) is 11.1. The van der Waals surface area contributed by atoms with E-state index in [4.69, 9.17) is 14.2 Å². The first kappa shape index (κ1) is 60.6. The van der Waals surface area contributed by atoms with Crippen molar-refractivity contribution in [2.45, 2.75) is 252 Å². The van der Waals surface area contributed by atoms with E-state index in [1.807, 2.05) is 0 Å². The quantitative estimate of drug-likeness (QED) is 0.0262. The van der Waals surface area contributed by atoms with Gasteiger partial charge >= 0.3 is 17.9 Å². The monoisotopic (exact) mass is 891 g/mol. The van der Waals surface area contributed by atoms with Crippen LogP contribution < -0.4 is 0 Å². The smallest absolute Gasteiger partial charge is 0.306 e. The lowest BCUT2D eigenvalue weighted by Gasteiger charge is -2.18. The number of hydrogen-bond donors (Lipinski definition) is 0. The van der Waals surface area contributed by atoms with Gasteiger partial charge < -0.3 is 14.2 Å². The second-order valence-corrected chi connectivity index (χ2v) is 17.4. The summed E-state index contributed by atoms with van der Waals surface area (Å²) >= 11 is 0. The summed E-state index contributed by atoms with van der Waals surface area (Å²) in [5, 5.41) is 0. The molecule has 0 aromatic heterocycles. The summed E-state index contributed by atoms with van der Waals surface area (Å²) in [6, 6.07) is 0. The molecule has 0 aliphatic heterocycles. The molecule has 0 rings (SSSR count). The van der Waals surface area contributed by atoms with Crippen molar-refractivity contribution in [3.05, 3.63) is 85.1 Å². The Morgan fingerprint density at radius 1 is 0.328 bits per heavy atom. The van der Waals surface area contributed by atoms with Gasteiger partial charge in [0.15, 0.2) is 6.10 Å². The molecule has 0 aromatic rings. The number of unbranched alkanes of at least 4 members (excludes halogenated alkanes) is 22. The van der Waals surface area contributed by atoms with Crippen LogP contribution in [0.4, 0.5) is 0 Å². The lowest BCUT2D eigenvalue weighted by molar-refractivity contribution is -0.167. The normalized spacial score (nSPS) is 12.7. The molecule has 0 aliphatic carbocycles. The summed E-state index contributed by atoms with van der Waals surface area (Å²) in [7, 11) is 0. The number of hydrogen-bond acceptors (Lipinski definition) is 6. The highest BCUT2D eigenvalue weighted by Gasteiger charge is 2.19. The Bertz CT molecular complexity index is 1250. The van der Waals surface area contributed by atoms with Crippen molar-refractivity contribution in [2.75, 3.05) is 13.2 Å². The van der Waals surface area contributed by atoms with Crippen LogP contribution >= 0.6 is 0 Å². The van der Waals surface area contributed by atoms with E-state index >= 15 is 0 Å². The van der Waals surface area contributed by atoms with Gasteiger partial charge in [-0.15, -0.1) is 0 Å². The molecule has 6 heteroatoms. The van der Waals surface area contributed by atoms with E-state index in [-0.39, 0.29) is 37.5 Å². The molecular weight excluding hydrogens is 793 g/mol. The molecule has 0 fully saturated rings. The summed E-state index contributed by atoms with van der Waals surface area (Å²) in [5.41, 5.74) is 0. The SMILES string of the molecule is CC/C=C\C/C=C\C/C=C\C/C=C\CCCCCCC(=O)O[C@H](COC(=O)CCC/C=C\C/C=C\C/C=C\CCCCCCCC)COC(=O)CCCCCCCCCCCCCC. The molecule has 0 bridgehead atoms. The van der Waals surface area contributed by atoms with Crippen molar-refractivity contribution in [3.8, 4) is 0 Å². The minimum atomic E-state index is -0.808. The Morgan fingerprint density at radius 3 is 1.02 bits per heavy atom. The fourth-order valence-electron chi connectivity index (χ4n) is 7.15. The summed E-state index contributed by atoms with van der Waals surface area (Å²) < 4.78 is 16.7. The molecule has 0 aromatic carbocycles. The summed E-state index contributed by atoms with van der Waals surface area (Å²) in [5.74, 6) is -0.979. The molecule has 0 saturated heterocycles. The minimum absolute atomic E-state index is 0.101. The van der Waals surface area contributed by atoms with Crippen LogP contribution in [0.3, 0.4) is 0 Å². The first-order valence-electron chi connectivity index (χ1n) is 26.6. The van der Waals surface area contributed by atoms with Crippen LogP contribution in [0.25, 0.3) is 0 Å². The Labute approximate surface area is 395 Å². The maximum absolute atomic E-state index is 12.8. The topological polar surface area (TPSA) is 78.9 Å². The predicted octanol–water partition coefficient (Wildman–Crippen LogP) is 17.6. The predicted molar refractivity (Wildman–Crippen MR) is 274 cm³/mol. The molecule has 0 aliphatic rings. The van der Waals surface area contributed by atoms with Crippen LogP contribution in [0.2, 0.25) is 0 Å². The Morgan fingerprint density at radius 2 is 0.625 bits per heavy atom. The number of ether oxygens (including phenoxy) is 3. The lowest BCUT2D eigenvalue weighted by atomic mass is 10.0. The van der Waals surface area contributed by atoms with Gasteiger partial charge in [-0.1, -0.05) is 221 Å². The van der Waals surface area contributed by atoms with Gasteiger partial charge in [-0.05, 0) is 89.9 Å². The number of esters is 3. The molecule has 366 valence electrons. The van der Waals surface area contributed by atoms with Gasteiger partial charge in [0, 0.05) is 19.3 Å². The zero-order valence-corrected chi connectivity index (χ0v) is 41.8.